The fourth-order valence-corrected chi connectivity index (χ4v) is 2.23. The number of hydrogen-bond donors (Lipinski definition) is 1. The Balaban J connectivity index is 1.92. The Labute approximate surface area is 115 Å². The van der Waals surface area contributed by atoms with Crippen LogP contribution in [0.15, 0.2) is 71.2 Å². The second kappa shape index (κ2) is 4.83. The second-order valence-corrected chi connectivity index (χ2v) is 5.11. The Morgan fingerprint density at radius 1 is 0.667 bits per heavy atom. The van der Waals surface area contributed by atoms with E-state index in [2.05, 4.69) is 75.8 Å². The van der Waals surface area contributed by atoms with Gasteiger partial charge in [-0.25, -0.2) is 0 Å². The molecule has 18 heavy (non-hydrogen) atoms. The number of nitrogens with one attached hydrogen (secondary N) is 1. The Hall–Kier alpha value is -1.80. The van der Waals surface area contributed by atoms with E-state index < -0.39 is 0 Å². The maximum Gasteiger partial charge on any atom is 0.0390 e. The van der Waals surface area contributed by atoms with Crippen molar-refractivity contribution in [2.75, 3.05) is 5.32 Å². The zero-order chi connectivity index (χ0) is 12.4. The van der Waals surface area contributed by atoms with E-state index in [0.717, 1.165) is 15.8 Å². The first kappa shape index (κ1) is 11.3. The van der Waals surface area contributed by atoms with Crippen molar-refractivity contribution < 1.29 is 0 Å². The van der Waals surface area contributed by atoms with Crippen LogP contribution in [0.25, 0.3) is 10.8 Å². The molecule has 0 aliphatic rings. The molecule has 0 heterocycles. The molecule has 3 aromatic carbocycles. The molecule has 0 saturated heterocycles. The minimum Gasteiger partial charge on any atom is -0.356 e. The molecule has 3 aromatic rings. The Bertz CT molecular complexity index is 674. The number of fused-ring (bicyclic) bond motifs is 1. The van der Waals surface area contributed by atoms with Gasteiger partial charge in [-0.3, -0.25) is 0 Å². The van der Waals surface area contributed by atoms with Gasteiger partial charge in [0.05, 0.1) is 0 Å². The van der Waals surface area contributed by atoms with Crippen LogP contribution in [0.4, 0.5) is 11.4 Å². The highest BCUT2D eigenvalue weighted by atomic mass is 79.9. The van der Waals surface area contributed by atoms with Gasteiger partial charge in [0.1, 0.15) is 0 Å². The van der Waals surface area contributed by atoms with E-state index in [1.54, 1.807) is 0 Å². The van der Waals surface area contributed by atoms with Crippen LogP contribution >= 0.6 is 15.9 Å². The van der Waals surface area contributed by atoms with Crippen LogP contribution in [-0.4, -0.2) is 0 Å². The lowest BCUT2D eigenvalue weighted by Crippen LogP contribution is -1.89. The number of rotatable bonds is 2. The highest BCUT2D eigenvalue weighted by molar-refractivity contribution is 9.10. The third kappa shape index (κ3) is 2.39. The SMILES string of the molecule is Brc1ccc(Nc2ccc3ccccc3c2)cc1. The average molecular weight is 298 g/mol. The van der Waals surface area contributed by atoms with Gasteiger partial charge in [-0.1, -0.05) is 46.3 Å². The first-order valence-electron chi connectivity index (χ1n) is 5.83. The molecule has 3 rings (SSSR count). The van der Waals surface area contributed by atoms with E-state index >= 15 is 0 Å². The maximum atomic E-state index is 3.44. The van der Waals surface area contributed by atoms with Crippen LogP contribution in [0.3, 0.4) is 0 Å². The van der Waals surface area contributed by atoms with Crippen LogP contribution in [0, 0.1) is 0 Å². The van der Waals surface area contributed by atoms with E-state index in [0.29, 0.717) is 0 Å². The van der Waals surface area contributed by atoms with Crippen molar-refractivity contribution in [3.63, 3.8) is 0 Å². The first-order valence-corrected chi connectivity index (χ1v) is 6.62. The van der Waals surface area contributed by atoms with Gasteiger partial charge < -0.3 is 5.32 Å². The summed E-state index contributed by atoms with van der Waals surface area (Å²) >= 11 is 3.44. The fourth-order valence-electron chi connectivity index (χ4n) is 1.97. The van der Waals surface area contributed by atoms with Crippen molar-refractivity contribution in [3.8, 4) is 0 Å². The van der Waals surface area contributed by atoms with Crippen molar-refractivity contribution in [2.24, 2.45) is 0 Å². The highest BCUT2D eigenvalue weighted by Crippen LogP contribution is 2.23. The lowest BCUT2D eigenvalue weighted by molar-refractivity contribution is 1.55. The summed E-state index contributed by atoms with van der Waals surface area (Å²) in [6, 6.07) is 22.9. The number of halogens is 1. The van der Waals surface area contributed by atoms with Crippen molar-refractivity contribution >= 4 is 38.1 Å². The monoisotopic (exact) mass is 297 g/mol. The van der Waals surface area contributed by atoms with Crippen LogP contribution in [0.1, 0.15) is 0 Å². The molecule has 0 spiro atoms. The highest BCUT2D eigenvalue weighted by Gasteiger charge is 1.97. The predicted octanol–water partition coefficient (Wildman–Crippen LogP) is 5.35. The maximum absolute atomic E-state index is 3.44. The van der Waals surface area contributed by atoms with Crippen LogP contribution in [0.5, 0.6) is 0 Å². The van der Waals surface area contributed by atoms with Crippen molar-refractivity contribution in [2.45, 2.75) is 0 Å². The Morgan fingerprint density at radius 3 is 2.11 bits per heavy atom. The summed E-state index contributed by atoms with van der Waals surface area (Å²) in [4.78, 5) is 0. The second-order valence-electron chi connectivity index (χ2n) is 4.19. The quantitative estimate of drug-likeness (QED) is 0.673. The molecule has 0 saturated carbocycles. The number of benzene rings is 3. The number of hydrogen-bond acceptors (Lipinski definition) is 1. The minimum absolute atomic E-state index is 1.09. The molecule has 0 atom stereocenters. The van der Waals surface area contributed by atoms with Gasteiger partial charge >= 0.3 is 0 Å². The third-order valence-corrected chi connectivity index (χ3v) is 3.41. The molecule has 0 unspecified atom stereocenters. The van der Waals surface area contributed by atoms with Crippen molar-refractivity contribution in [3.05, 3.63) is 71.2 Å². The molecule has 0 radical (unpaired) electrons. The molecule has 2 heteroatoms. The lowest BCUT2D eigenvalue weighted by atomic mass is 10.1. The Kier molecular flexibility index (Phi) is 3.03. The molecule has 1 nitrogen and oxygen atoms in total. The summed E-state index contributed by atoms with van der Waals surface area (Å²) in [6.45, 7) is 0. The summed E-state index contributed by atoms with van der Waals surface area (Å²) in [5.74, 6) is 0. The van der Waals surface area contributed by atoms with E-state index in [-0.39, 0.29) is 0 Å². The summed E-state index contributed by atoms with van der Waals surface area (Å²) < 4.78 is 1.09. The first-order chi connectivity index (χ1) is 8.81. The van der Waals surface area contributed by atoms with Crippen molar-refractivity contribution in [1.29, 1.82) is 0 Å². The van der Waals surface area contributed by atoms with Gasteiger partial charge in [-0.15, -0.1) is 0 Å². The van der Waals surface area contributed by atoms with E-state index in [9.17, 15) is 0 Å². The molecular weight excluding hydrogens is 286 g/mol. The van der Waals surface area contributed by atoms with E-state index in [1.807, 2.05) is 12.1 Å². The van der Waals surface area contributed by atoms with Crippen LogP contribution < -0.4 is 5.32 Å². The molecule has 0 aromatic heterocycles. The standard InChI is InChI=1S/C16H12BrN/c17-14-6-9-15(10-7-14)18-16-8-5-12-3-1-2-4-13(12)11-16/h1-11,18H. The topological polar surface area (TPSA) is 12.0 Å². The van der Waals surface area contributed by atoms with Gasteiger partial charge in [-0.2, -0.15) is 0 Å². The van der Waals surface area contributed by atoms with E-state index in [4.69, 9.17) is 0 Å². The largest absolute Gasteiger partial charge is 0.356 e. The summed E-state index contributed by atoms with van der Waals surface area (Å²) in [5, 5.41) is 5.91. The third-order valence-electron chi connectivity index (χ3n) is 2.88. The predicted molar refractivity (Wildman–Crippen MR) is 81.4 cm³/mol. The normalized spacial score (nSPS) is 10.5. The average Bonchev–Trinajstić information content (AvgIpc) is 2.41. The smallest absolute Gasteiger partial charge is 0.0390 e. The molecule has 0 fully saturated rings. The molecule has 0 bridgehead atoms. The van der Waals surface area contributed by atoms with Crippen molar-refractivity contribution in [1.82, 2.24) is 0 Å². The summed E-state index contributed by atoms with van der Waals surface area (Å²) in [6.07, 6.45) is 0. The van der Waals surface area contributed by atoms with Gasteiger partial charge in [0.15, 0.2) is 0 Å². The van der Waals surface area contributed by atoms with Gasteiger partial charge in [0, 0.05) is 15.8 Å². The fraction of sp³-hybridized carbons (Fsp3) is 0. The summed E-state index contributed by atoms with van der Waals surface area (Å²) in [7, 11) is 0. The van der Waals surface area contributed by atoms with Crippen LogP contribution in [0.2, 0.25) is 0 Å². The minimum atomic E-state index is 1.09. The molecule has 88 valence electrons. The van der Waals surface area contributed by atoms with Gasteiger partial charge in [-0.05, 0) is 47.2 Å². The summed E-state index contributed by atoms with van der Waals surface area (Å²) in [5.41, 5.74) is 2.20. The number of anilines is 2. The molecule has 1 N–H and O–H groups in total. The van der Waals surface area contributed by atoms with E-state index in [1.165, 1.54) is 10.8 Å². The molecule has 0 aliphatic carbocycles. The van der Waals surface area contributed by atoms with Crippen LogP contribution in [-0.2, 0) is 0 Å². The molecule has 0 amide bonds. The van der Waals surface area contributed by atoms with Gasteiger partial charge in [0.2, 0.25) is 0 Å². The Morgan fingerprint density at radius 2 is 1.33 bits per heavy atom. The zero-order valence-electron chi connectivity index (χ0n) is 9.73. The molecule has 0 aliphatic heterocycles. The molecular formula is C16H12BrN. The van der Waals surface area contributed by atoms with Gasteiger partial charge in [0.25, 0.3) is 0 Å². The lowest BCUT2D eigenvalue weighted by Gasteiger charge is -2.07. The zero-order valence-corrected chi connectivity index (χ0v) is 11.3.